The third-order valence-corrected chi connectivity index (χ3v) is 2.12. The van der Waals surface area contributed by atoms with Crippen molar-refractivity contribution in [2.75, 3.05) is 0 Å². The minimum Gasteiger partial charge on any atom is -0.242 e. The molecule has 0 fully saturated rings. The van der Waals surface area contributed by atoms with Crippen molar-refractivity contribution >= 4 is 0 Å². The molecule has 0 aliphatic carbocycles. The highest BCUT2D eigenvalue weighted by atomic mass is 19.1. The molecule has 0 radical (unpaired) electrons. The van der Waals surface area contributed by atoms with E-state index in [0.717, 1.165) is 0 Å². The quantitative estimate of drug-likeness (QED) is 0.450. The van der Waals surface area contributed by atoms with Crippen LogP contribution in [-0.4, -0.2) is 6.17 Å². The lowest BCUT2D eigenvalue weighted by Gasteiger charge is -2.08. The predicted molar refractivity (Wildman–Crippen MR) is 62.1 cm³/mol. The highest BCUT2D eigenvalue weighted by Gasteiger charge is 2.06. The Balaban J connectivity index is 4.37. The van der Waals surface area contributed by atoms with Crippen molar-refractivity contribution in [3.63, 3.8) is 0 Å². The van der Waals surface area contributed by atoms with Gasteiger partial charge >= 0.3 is 0 Å². The number of hydrogen-bond donors (Lipinski definition) is 0. The first-order valence-electron chi connectivity index (χ1n) is 5.11. The van der Waals surface area contributed by atoms with Gasteiger partial charge in [0.1, 0.15) is 6.17 Å². The van der Waals surface area contributed by atoms with Crippen molar-refractivity contribution in [2.45, 2.75) is 40.3 Å². The Morgan fingerprint density at radius 2 is 2.00 bits per heavy atom. The van der Waals surface area contributed by atoms with E-state index in [1.54, 1.807) is 6.92 Å². The fourth-order valence-corrected chi connectivity index (χ4v) is 1.13. The van der Waals surface area contributed by atoms with Gasteiger partial charge in [0.15, 0.2) is 0 Å². The van der Waals surface area contributed by atoms with Crippen LogP contribution in [0.3, 0.4) is 0 Å². The molecule has 0 aromatic rings. The van der Waals surface area contributed by atoms with Crippen LogP contribution in [0.5, 0.6) is 0 Å². The fourth-order valence-electron chi connectivity index (χ4n) is 1.13. The van der Waals surface area contributed by atoms with Gasteiger partial charge in [-0.25, -0.2) is 4.39 Å². The molecule has 14 heavy (non-hydrogen) atoms. The normalized spacial score (nSPS) is 15.1. The van der Waals surface area contributed by atoms with Crippen LogP contribution in [0.15, 0.2) is 36.0 Å². The Morgan fingerprint density at radius 3 is 2.36 bits per heavy atom. The van der Waals surface area contributed by atoms with Crippen molar-refractivity contribution in [3.05, 3.63) is 36.0 Å². The summed E-state index contributed by atoms with van der Waals surface area (Å²) in [6.07, 6.45) is 5.52. The van der Waals surface area contributed by atoms with Gasteiger partial charge in [-0.2, -0.15) is 0 Å². The van der Waals surface area contributed by atoms with Gasteiger partial charge < -0.3 is 0 Å². The number of hydrogen-bond acceptors (Lipinski definition) is 0. The van der Waals surface area contributed by atoms with Crippen molar-refractivity contribution in [1.82, 2.24) is 0 Å². The van der Waals surface area contributed by atoms with Crippen molar-refractivity contribution < 1.29 is 4.39 Å². The molecular formula is C13H21F. The molecule has 1 heteroatoms. The molecule has 80 valence electrons. The van der Waals surface area contributed by atoms with Crippen LogP contribution in [0.1, 0.15) is 34.1 Å². The monoisotopic (exact) mass is 196 g/mol. The lowest BCUT2D eigenvalue weighted by atomic mass is 10.00. The summed E-state index contributed by atoms with van der Waals surface area (Å²) in [4.78, 5) is 0. The van der Waals surface area contributed by atoms with Gasteiger partial charge in [0.25, 0.3) is 0 Å². The van der Waals surface area contributed by atoms with Crippen LogP contribution in [0, 0.1) is 5.92 Å². The van der Waals surface area contributed by atoms with Gasteiger partial charge in [-0.05, 0) is 30.9 Å². The number of halogens is 1. The molecule has 0 rings (SSSR count). The van der Waals surface area contributed by atoms with Gasteiger partial charge in [-0.1, -0.05) is 38.7 Å². The third-order valence-electron chi connectivity index (χ3n) is 2.12. The first kappa shape index (κ1) is 13.2. The third kappa shape index (κ3) is 5.00. The molecule has 1 unspecified atom stereocenters. The molecule has 0 saturated heterocycles. The minimum atomic E-state index is -0.908. The van der Waals surface area contributed by atoms with Crippen LogP contribution >= 0.6 is 0 Å². The van der Waals surface area contributed by atoms with Gasteiger partial charge in [0.2, 0.25) is 0 Å². The molecule has 0 aromatic heterocycles. The van der Waals surface area contributed by atoms with Crippen LogP contribution in [0.2, 0.25) is 0 Å². The van der Waals surface area contributed by atoms with Crippen LogP contribution in [0.4, 0.5) is 4.39 Å². The topological polar surface area (TPSA) is 0 Å². The Morgan fingerprint density at radius 1 is 1.43 bits per heavy atom. The van der Waals surface area contributed by atoms with Crippen LogP contribution < -0.4 is 0 Å². The molecule has 0 spiro atoms. The summed E-state index contributed by atoms with van der Waals surface area (Å²) >= 11 is 0. The standard InChI is InChI=1S/C13H21F/c1-6-7-12(10(2)3)8-9-13(14)11(4)5/h6-8,10,13H,4,9H2,1-3,5H3/b7-6-,12-8+. The van der Waals surface area contributed by atoms with Crippen molar-refractivity contribution in [2.24, 2.45) is 5.92 Å². The lowest BCUT2D eigenvalue weighted by Crippen LogP contribution is -2.00. The Kier molecular flexibility index (Phi) is 6.18. The summed E-state index contributed by atoms with van der Waals surface area (Å²) in [6, 6.07) is 0. The molecule has 0 bridgehead atoms. The van der Waals surface area contributed by atoms with Crippen molar-refractivity contribution in [3.8, 4) is 0 Å². The van der Waals surface area contributed by atoms with E-state index >= 15 is 0 Å². The second-order valence-corrected chi connectivity index (χ2v) is 3.91. The zero-order chi connectivity index (χ0) is 11.1. The van der Waals surface area contributed by atoms with E-state index in [-0.39, 0.29) is 0 Å². The Labute approximate surface area is 87.2 Å². The molecule has 0 amide bonds. The van der Waals surface area contributed by atoms with Gasteiger partial charge in [0, 0.05) is 6.42 Å². The Bertz CT molecular complexity index is 234. The highest BCUT2D eigenvalue weighted by Crippen LogP contribution is 2.16. The molecule has 0 heterocycles. The summed E-state index contributed by atoms with van der Waals surface area (Å²) in [5.41, 5.74) is 1.79. The van der Waals surface area contributed by atoms with Gasteiger partial charge in [0.05, 0.1) is 0 Å². The van der Waals surface area contributed by atoms with E-state index in [1.165, 1.54) is 5.57 Å². The second-order valence-electron chi connectivity index (χ2n) is 3.91. The zero-order valence-electron chi connectivity index (χ0n) is 9.68. The molecule has 0 N–H and O–H groups in total. The van der Waals surface area contributed by atoms with Gasteiger partial charge in [-0.3, -0.25) is 0 Å². The fraction of sp³-hybridized carbons (Fsp3) is 0.538. The van der Waals surface area contributed by atoms with E-state index in [2.05, 4.69) is 20.4 Å². The SMILES string of the molecule is C=C(C)C(F)C/C=C(\C=C/C)C(C)C. The summed E-state index contributed by atoms with van der Waals surface area (Å²) in [5, 5.41) is 0. The maximum Gasteiger partial charge on any atom is 0.124 e. The predicted octanol–water partition coefficient (Wildman–Crippen LogP) is 4.45. The van der Waals surface area contributed by atoms with E-state index in [9.17, 15) is 4.39 Å². The van der Waals surface area contributed by atoms with Crippen molar-refractivity contribution in [1.29, 1.82) is 0 Å². The summed E-state index contributed by atoms with van der Waals surface area (Å²) in [7, 11) is 0. The highest BCUT2D eigenvalue weighted by molar-refractivity contribution is 5.21. The van der Waals surface area contributed by atoms with E-state index in [0.29, 0.717) is 17.9 Å². The largest absolute Gasteiger partial charge is 0.242 e. The molecule has 0 aromatic carbocycles. The molecule has 0 saturated carbocycles. The first-order valence-corrected chi connectivity index (χ1v) is 5.11. The van der Waals surface area contributed by atoms with E-state index in [1.807, 2.05) is 25.2 Å². The number of alkyl halides is 1. The molecule has 1 atom stereocenters. The molecular weight excluding hydrogens is 175 g/mol. The van der Waals surface area contributed by atoms with Crippen LogP contribution in [0.25, 0.3) is 0 Å². The van der Waals surface area contributed by atoms with E-state index in [4.69, 9.17) is 0 Å². The maximum atomic E-state index is 13.2. The minimum absolute atomic E-state index is 0.438. The lowest BCUT2D eigenvalue weighted by molar-refractivity contribution is 0.385. The van der Waals surface area contributed by atoms with Crippen LogP contribution in [-0.2, 0) is 0 Å². The van der Waals surface area contributed by atoms with E-state index < -0.39 is 6.17 Å². The smallest absolute Gasteiger partial charge is 0.124 e. The molecule has 0 aliphatic rings. The summed E-state index contributed by atoms with van der Waals surface area (Å²) in [5.74, 6) is 0.448. The number of rotatable bonds is 5. The average molecular weight is 196 g/mol. The van der Waals surface area contributed by atoms with Gasteiger partial charge in [-0.15, -0.1) is 0 Å². The summed E-state index contributed by atoms with van der Waals surface area (Å²) < 4.78 is 13.2. The average Bonchev–Trinajstić information content (AvgIpc) is 2.10. The first-order chi connectivity index (χ1) is 6.49. The summed E-state index contributed by atoms with van der Waals surface area (Å²) in [6.45, 7) is 11.5. The second kappa shape index (κ2) is 6.58. The Hall–Kier alpha value is -0.850. The maximum absolute atomic E-state index is 13.2. The molecule has 0 aliphatic heterocycles. The number of allylic oxidation sites excluding steroid dienone is 5. The molecule has 0 nitrogen and oxygen atoms in total. The zero-order valence-corrected chi connectivity index (χ0v) is 9.68.